The first-order chi connectivity index (χ1) is 19.4. The third-order valence-corrected chi connectivity index (χ3v) is 7.37. The van der Waals surface area contributed by atoms with Crippen molar-refractivity contribution in [3.8, 4) is 27.3 Å². The second-order valence-corrected chi connectivity index (χ2v) is 10.00. The summed E-state index contributed by atoms with van der Waals surface area (Å²) in [4.78, 5) is 28.7. The van der Waals surface area contributed by atoms with Crippen LogP contribution in [0.4, 0.5) is 10.1 Å². The number of aryl methyl sites for hydroxylation is 1. The number of non-ortho nitro benzene ring substituents is 1. The Hall–Kier alpha value is -4.89. The lowest BCUT2D eigenvalue weighted by Crippen LogP contribution is -2.22. The molecular weight excluding hydrogens is 529 g/mol. The summed E-state index contributed by atoms with van der Waals surface area (Å²) in [5.41, 5.74) is 5.13. The highest BCUT2D eigenvalue weighted by atomic mass is 32.1. The SMILES string of the molecule is Cc1cc(F)ccc1COc1ccc([N+](=O)[O-])cc1-c1ccsc1-c1ccc(C(=O)NCc2cccnc2)cc1. The highest BCUT2D eigenvalue weighted by molar-refractivity contribution is 7.14. The van der Waals surface area contributed by atoms with Crippen molar-refractivity contribution in [3.63, 3.8) is 0 Å². The number of nitrogens with one attached hydrogen (secondary N) is 1. The van der Waals surface area contributed by atoms with E-state index < -0.39 is 4.92 Å². The van der Waals surface area contributed by atoms with E-state index in [-0.39, 0.29) is 24.0 Å². The summed E-state index contributed by atoms with van der Waals surface area (Å²) in [5, 5.41) is 16.4. The number of pyridine rings is 1. The van der Waals surface area contributed by atoms with E-state index in [4.69, 9.17) is 4.74 Å². The van der Waals surface area contributed by atoms with Crippen LogP contribution in [0.3, 0.4) is 0 Å². The van der Waals surface area contributed by atoms with Gasteiger partial charge in [-0.3, -0.25) is 19.9 Å². The topological polar surface area (TPSA) is 94.4 Å². The number of carbonyl (C=O) groups is 1. The number of nitrogens with zero attached hydrogens (tertiary/aromatic N) is 2. The van der Waals surface area contributed by atoms with Crippen LogP contribution in [0.15, 0.2) is 96.6 Å². The van der Waals surface area contributed by atoms with Crippen molar-refractivity contribution in [2.75, 3.05) is 0 Å². The van der Waals surface area contributed by atoms with Crippen LogP contribution >= 0.6 is 11.3 Å². The Bertz CT molecular complexity index is 1670. The molecule has 5 aromatic rings. The molecule has 3 aromatic carbocycles. The minimum Gasteiger partial charge on any atom is -0.488 e. The number of halogens is 1. The van der Waals surface area contributed by atoms with Crippen molar-refractivity contribution >= 4 is 22.9 Å². The number of aromatic nitrogens is 1. The molecule has 2 heterocycles. The number of carbonyl (C=O) groups excluding carboxylic acids is 1. The van der Waals surface area contributed by atoms with Crippen LogP contribution in [-0.2, 0) is 13.2 Å². The maximum atomic E-state index is 13.5. The molecule has 0 unspecified atom stereocenters. The summed E-state index contributed by atoms with van der Waals surface area (Å²) < 4.78 is 19.6. The second kappa shape index (κ2) is 11.9. The lowest BCUT2D eigenvalue weighted by molar-refractivity contribution is -0.384. The van der Waals surface area contributed by atoms with Gasteiger partial charge in [0.1, 0.15) is 18.2 Å². The van der Waals surface area contributed by atoms with E-state index in [2.05, 4.69) is 10.3 Å². The van der Waals surface area contributed by atoms with Gasteiger partial charge in [0.15, 0.2) is 0 Å². The van der Waals surface area contributed by atoms with Gasteiger partial charge in [-0.05, 0) is 77.0 Å². The maximum absolute atomic E-state index is 13.5. The van der Waals surface area contributed by atoms with Gasteiger partial charge in [0.05, 0.1) is 4.92 Å². The number of nitro benzene ring substituents is 1. The molecule has 0 aliphatic rings. The molecule has 0 atom stereocenters. The van der Waals surface area contributed by atoms with Crippen LogP contribution in [0.1, 0.15) is 27.0 Å². The monoisotopic (exact) mass is 553 g/mol. The van der Waals surface area contributed by atoms with Gasteiger partial charge in [-0.25, -0.2) is 4.39 Å². The molecule has 9 heteroatoms. The summed E-state index contributed by atoms with van der Waals surface area (Å²) in [7, 11) is 0. The summed E-state index contributed by atoms with van der Waals surface area (Å²) in [5.74, 6) is -0.0511. The van der Waals surface area contributed by atoms with E-state index in [9.17, 15) is 19.3 Å². The van der Waals surface area contributed by atoms with Gasteiger partial charge in [-0.1, -0.05) is 24.3 Å². The van der Waals surface area contributed by atoms with Crippen molar-refractivity contribution in [2.24, 2.45) is 0 Å². The number of hydrogen-bond acceptors (Lipinski definition) is 6. The minimum atomic E-state index is -0.442. The van der Waals surface area contributed by atoms with E-state index in [0.29, 0.717) is 23.4 Å². The Morgan fingerprint density at radius 2 is 1.88 bits per heavy atom. The fraction of sp³-hybridized carbons (Fsp3) is 0.0968. The van der Waals surface area contributed by atoms with Gasteiger partial charge in [-0.2, -0.15) is 0 Å². The fourth-order valence-electron chi connectivity index (χ4n) is 4.25. The average molecular weight is 554 g/mol. The van der Waals surface area contributed by atoms with Crippen LogP contribution in [0.25, 0.3) is 21.6 Å². The maximum Gasteiger partial charge on any atom is 0.270 e. The molecule has 0 spiro atoms. The summed E-state index contributed by atoms with van der Waals surface area (Å²) in [6, 6.07) is 21.8. The standard InChI is InChI=1S/C31H24FN3O4S/c1-20-15-25(32)9-8-24(20)19-39-29-11-10-26(35(37)38)16-28(29)27-12-14-40-30(27)22-4-6-23(7-5-22)31(36)34-18-21-3-2-13-33-17-21/h2-17H,18-19H2,1H3,(H,34,36). The number of hydrogen-bond donors (Lipinski definition) is 1. The number of benzene rings is 3. The zero-order valence-electron chi connectivity index (χ0n) is 21.5. The van der Waals surface area contributed by atoms with Gasteiger partial charge in [-0.15, -0.1) is 11.3 Å². The highest BCUT2D eigenvalue weighted by Gasteiger charge is 2.19. The Balaban J connectivity index is 1.40. The van der Waals surface area contributed by atoms with Gasteiger partial charge >= 0.3 is 0 Å². The molecule has 200 valence electrons. The molecule has 7 nitrogen and oxygen atoms in total. The zero-order valence-corrected chi connectivity index (χ0v) is 22.3. The minimum absolute atomic E-state index is 0.0573. The van der Waals surface area contributed by atoms with E-state index >= 15 is 0 Å². The fourth-order valence-corrected chi connectivity index (χ4v) is 5.17. The molecule has 0 bridgehead atoms. The molecule has 5 rings (SSSR count). The molecule has 40 heavy (non-hydrogen) atoms. The average Bonchev–Trinajstić information content (AvgIpc) is 3.46. The van der Waals surface area contributed by atoms with Gasteiger partial charge < -0.3 is 10.1 Å². The van der Waals surface area contributed by atoms with Gasteiger partial charge in [0.2, 0.25) is 0 Å². The molecule has 0 aliphatic heterocycles. The first-order valence-corrected chi connectivity index (χ1v) is 13.3. The smallest absolute Gasteiger partial charge is 0.270 e. The quantitative estimate of drug-likeness (QED) is 0.152. The van der Waals surface area contributed by atoms with Crippen LogP contribution in [-0.4, -0.2) is 15.8 Å². The lowest BCUT2D eigenvalue weighted by Gasteiger charge is -2.14. The van der Waals surface area contributed by atoms with Crippen molar-refractivity contribution in [3.05, 3.63) is 135 Å². The molecule has 0 saturated heterocycles. The third kappa shape index (κ3) is 6.05. The van der Waals surface area contributed by atoms with Crippen LogP contribution in [0.2, 0.25) is 0 Å². The van der Waals surface area contributed by atoms with Crippen LogP contribution < -0.4 is 10.1 Å². The van der Waals surface area contributed by atoms with Crippen LogP contribution in [0.5, 0.6) is 5.75 Å². The van der Waals surface area contributed by atoms with E-state index in [1.165, 1.54) is 35.6 Å². The van der Waals surface area contributed by atoms with Crippen molar-refractivity contribution in [2.45, 2.75) is 20.1 Å². The number of rotatable bonds is 9. The number of ether oxygens (including phenoxy) is 1. The molecule has 2 aromatic heterocycles. The molecular formula is C31H24FN3O4S. The summed E-state index contributed by atoms with van der Waals surface area (Å²) in [6.45, 7) is 2.36. The first kappa shape index (κ1) is 26.7. The Morgan fingerprint density at radius 1 is 1.05 bits per heavy atom. The number of thiophene rings is 1. The predicted octanol–water partition coefficient (Wildman–Crippen LogP) is 7.34. The first-order valence-electron chi connectivity index (χ1n) is 12.4. The predicted molar refractivity (Wildman–Crippen MR) is 153 cm³/mol. The van der Waals surface area contributed by atoms with Crippen molar-refractivity contribution < 1.29 is 18.8 Å². The Labute approximate surface area is 234 Å². The molecule has 0 aliphatic carbocycles. The van der Waals surface area contributed by atoms with Gasteiger partial charge in [0.25, 0.3) is 11.6 Å². The summed E-state index contributed by atoms with van der Waals surface area (Å²) in [6.07, 6.45) is 3.38. The Morgan fingerprint density at radius 3 is 2.60 bits per heavy atom. The molecule has 0 saturated carbocycles. The van der Waals surface area contributed by atoms with E-state index in [0.717, 1.165) is 32.7 Å². The van der Waals surface area contributed by atoms with E-state index in [1.807, 2.05) is 35.7 Å². The molecule has 1 N–H and O–H groups in total. The van der Waals surface area contributed by atoms with Gasteiger partial charge in [0, 0.05) is 52.6 Å². The zero-order chi connectivity index (χ0) is 28.1. The summed E-state index contributed by atoms with van der Waals surface area (Å²) >= 11 is 1.49. The van der Waals surface area contributed by atoms with E-state index in [1.54, 1.807) is 43.6 Å². The third-order valence-electron chi connectivity index (χ3n) is 6.40. The number of amides is 1. The lowest BCUT2D eigenvalue weighted by atomic mass is 10.0. The second-order valence-electron chi connectivity index (χ2n) is 9.08. The molecule has 0 radical (unpaired) electrons. The normalized spacial score (nSPS) is 10.8. The molecule has 0 fully saturated rings. The van der Waals surface area contributed by atoms with Crippen molar-refractivity contribution in [1.29, 1.82) is 0 Å². The number of nitro groups is 1. The largest absolute Gasteiger partial charge is 0.488 e. The molecule has 1 amide bonds. The van der Waals surface area contributed by atoms with Crippen LogP contribution in [0, 0.1) is 22.9 Å². The van der Waals surface area contributed by atoms with Crippen molar-refractivity contribution in [1.82, 2.24) is 10.3 Å². The highest BCUT2D eigenvalue weighted by Crippen LogP contribution is 2.42. The Kier molecular flexibility index (Phi) is 7.93.